The van der Waals surface area contributed by atoms with E-state index in [9.17, 15) is 9.18 Å². The highest BCUT2D eigenvalue weighted by atomic mass is 35.5. The molecule has 0 saturated carbocycles. The fourth-order valence-corrected chi connectivity index (χ4v) is 2.70. The van der Waals surface area contributed by atoms with Gasteiger partial charge in [0.05, 0.1) is 22.9 Å². The number of benzene rings is 2. The summed E-state index contributed by atoms with van der Waals surface area (Å²) in [6.07, 6.45) is 4.12. The van der Waals surface area contributed by atoms with Crippen LogP contribution in [0.1, 0.15) is 21.6 Å². The van der Waals surface area contributed by atoms with Crippen molar-refractivity contribution < 1.29 is 13.9 Å². The minimum atomic E-state index is -0.745. The van der Waals surface area contributed by atoms with Crippen molar-refractivity contribution in [2.45, 2.75) is 6.54 Å². The van der Waals surface area contributed by atoms with Crippen molar-refractivity contribution in [2.24, 2.45) is 0 Å². The van der Waals surface area contributed by atoms with E-state index >= 15 is 0 Å². The number of halogens is 3. The van der Waals surface area contributed by atoms with Gasteiger partial charge in [0.1, 0.15) is 11.4 Å². The quantitative estimate of drug-likeness (QED) is 0.660. The third-order valence-electron chi connectivity index (χ3n) is 3.58. The first-order valence-corrected chi connectivity index (χ1v) is 8.63. The lowest BCUT2D eigenvalue weighted by Gasteiger charge is -2.13. The summed E-state index contributed by atoms with van der Waals surface area (Å²) in [7, 11) is 0. The maximum atomic E-state index is 14.9. The van der Waals surface area contributed by atoms with E-state index in [2.05, 4.69) is 15.3 Å². The molecular formula is C19H11Cl2FN4O2. The maximum absolute atomic E-state index is 14.9. The molecule has 1 heterocycles. The lowest BCUT2D eigenvalue weighted by atomic mass is 10.2. The summed E-state index contributed by atoms with van der Waals surface area (Å²) in [4.78, 5) is 19.7. The Labute approximate surface area is 169 Å². The van der Waals surface area contributed by atoms with Gasteiger partial charge < -0.3 is 10.1 Å². The molecule has 9 heteroatoms. The first kappa shape index (κ1) is 19.5. The summed E-state index contributed by atoms with van der Waals surface area (Å²) < 4.78 is 20.4. The van der Waals surface area contributed by atoms with Gasteiger partial charge in [-0.15, -0.1) is 0 Å². The number of hydrogen-bond donors (Lipinski definition) is 1. The first-order valence-electron chi connectivity index (χ1n) is 7.87. The van der Waals surface area contributed by atoms with Crippen molar-refractivity contribution in [3.8, 4) is 17.6 Å². The molecule has 0 fully saturated rings. The predicted octanol–water partition coefficient (Wildman–Crippen LogP) is 4.52. The maximum Gasteiger partial charge on any atom is 0.271 e. The summed E-state index contributed by atoms with van der Waals surface area (Å²) in [6, 6.07) is 9.10. The van der Waals surface area contributed by atoms with Crippen molar-refractivity contribution in [3.63, 3.8) is 0 Å². The van der Waals surface area contributed by atoms with Gasteiger partial charge in [-0.2, -0.15) is 5.26 Å². The van der Waals surface area contributed by atoms with Crippen molar-refractivity contribution in [3.05, 3.63) is 81.6 Å². The van der Waals surface area contributed by atoms with Crippen LogP contribution in [0.15, 0.2) is 48.9 Å². The van der Waals surface area contributed by atoms with Crippen LogP contribution in [0.3, 0.4) is 0 Å². The van der Waals surface area contributed by atoms with E-state index in [0.29, 0.717) is 0 Å². The average Bonchev–Trinajstić information content (AvgIpc) is 2.70. The highest BCUT2D eigenvalue weighted by Crippen LogP contribution is 2.35. The summed E-state index contributed by atoms with van der Waals surface area (Å²) in [5.74, 6) is -1.33. The molecular weight excluding hydrogens is 406 g/mol. The SMILES string of the molecule is N#Cc1cc(Cl)cc(Oc2c(Cl)ccc(CNC(=O)c3cnccn3)c2F)c1. The molecule has 0 aliphatic carbocycles. The van der Waals surface area contributed by atoms with E-state index in [1.807, 2.05) is 6.07 Å². The van der Waals surface area contributed by atoms with Crippen LogP contribution in [0.2, 0.25) is 10.0 Å². The second kappa shape index (κ2) is 8.65. The molecule has 0 unspecified atom stereocenters. The predicted molar refractivity (Wildman–Crippen MR) is 101 cm³/mol. The van der Waals surface area contributed by atoms with Gasteiger partial charge in [-0.1, -0.05) is 29.3 Å². The van der Waals surface area contributed by atoms with Gasteiger partial charge in [0.2, 0.25) is 0 Å². The van der Waals surface area contributed by atoms with Crippen LogP contribution in [0.25, 0.3) is 0 Å². The molecule has 0 bridgehead atoms. The minimum Gasteiger partial charge on any atom is -0.453 e. The summed E-state index contributed by atoms with van der Waals surface area (Å²) >= 11 is 12.0. The Hall–Kier alpha value is -3.21. The lowest BCUT2D eigenvalue weighted by molar-refractivity contribution is 0.0945. The van der Waals surface area contributed by atoms with Crippen LogP contribution in [0.5, 0.6) is 11.5 Å². The largest absolute Gasteiger partial charge is 0.453 e. The second-order valence-corrected chi connectivity index (χ2v) is 6.36. The van der Waals surface area contributed by atoms with E-state index in [1.165, 1.54) is 48.9 Å². The first-order chi connectivity index (χ1) is 13.5. The van der Waals surface area contributed by atoms with Gasteiger partial charge in [-0.05, 0) is 24.3 Å². The molecule has 0 radical (unpaired) electrons. The Kier molecular flexibility index (Phi) is 6.04. The van der Waals surface area contributed by atoms with E-state index in [-0.39, 0.29) is 44.9 Å². The van der Waals surface area contributed by atoms with Crippen LogP contribution in [-0.2, 0) is 6.54 Å². The number of carbonyl (C=O) groups is 1. The molecule has 3 rings (SSSR count). The van der Waals surface area contributed by atoms with Gasteiger partial charge in [-0.3, -0.25) is 9.78 Å². The van der Waals surface area contributed by atoms with Crippen LogP contribution >= 0.6 is 23.2 Å². The number of rotatable bonds is 5. The van der Waals surface area contributed by atoms with Gasteiger partial charge in [0.15, 0.2) is 11.6 Å². The zero-order valence-electron chi connectivity index (χ0n) is 14.1. The third kappa shape index (κ3) is 4.55. The number of nitrogens with one attached hydrogen (secondary N) is 1. The monoisotopic (exact) mass is 416 g/mol. The zero-order chi connectivity index (χ0) is 20.1. The zero-order valence-corrected chi connectivity index (χ0v) is 15.6. The number of aromatic nitrogens is 2. The molecule has 28 heavy (non-hydrogen) atoms. The molecule has 1 aromatic heterocycles. The fraction of sp³-hybridized carbons (Fsp3) is 0.0526. The van der Waals surface area contributed by atoms with Crippen molar-refractivity contribution in [1.82, 2.24) is 15.3 Å². The van der Waals surface area contributed by atoms with E-state index < -0.39 is 11.7 Å². The lowest BCUT2D eigenvalue weighted by Crippen LogP contribution is -2.24. The highest BCUT2D eigenvalue weighted by molar-refractivity contribution is 6.32. The van der Waals surface area contributed by atoms with Crippen LogP contribution in [0, 0.1) is 17.1 Å². The molecule has 2 aromatic carbocycles. The van der Waals surface area contributed by atoms with Gasteiger partial charge >= 0.3 is 0 Å². The van der Waals surface area contributed by atoms with E-state index in [0.717, 1.165) is 0 Å². The average molecular weight is 417 g/mol. The van der Waals surface area contributed by atoms with Crippen LogP contribution < -0.4 is 10.1 Å². The molecule has 0 aliphatic rings. The molecule has 0 spiro atoms. The topological polar surface area (TPSA) is 87.9 Å². The Balaban J connectivity index is 1.81. The molecule has 1 amide bonds. The standard InChI is InChI=1S/C19H11Cl2FN4O2/c20-13-5-11(8-23)6-14(7-13)28-18-15(21)2-1-12(17(18)22)9-26-19(27)16-10-24-3-4-25-16/h1-7,10H,9H2,(H,26,27). The highest BCUT2D eigenvalue weighted by Gasteiger charge is 2.17. The third-order valence-corrected chi connectivity index (χ3v) is 4.10. The van der Waals surface area contributed by atoms with Crippen LogP contribution in [0.4, 0.5) is 4.39 Å². The van der Waals surface area contributed by atoms with Crippen LogP contribution in [-0.4, -0.2) is 15.9 Å². The Bertz CT molecular complexity index is 1070. The van der Waals surface area contributed by atoms with E-state index in [1.54, 1.807) is 0 Å². The number of amides is 1. The van der Waals surface area contributed by atoms with Crippen molar-refractivity contribution in [2.75, 3.05) is 0 Å². The fourth-order valence-electron chi connectivity index (χ4n) is 2.29. The Morgan fingerprint density at radius 3 is 2.79 bits per heavy atom. The summed E-state index contributed by atoms with van der Waals surface area (Å²) in [5, 5.41) is 11.8. The Morgan fingerprint density at radius 2 is 2.07 bits per heavy atom. The summed E-state index contributed by atoms with van der Waals surface area (Å²) in [6.45, 7) is -0.117. The van der Waals surface area contributed by atoms with Crippen molar-refractivity contribution >= 4 is 29.1 Å². The van der Waals surface area contributed by atoms with Gasteiger partial charge in [0, 0.05) is 29.5 Å². The molecule has 140 valence electrons. The van der Waals surface area contributed by atoms with Crippen molar-refractivity contribution in [1.29, 1.82) is 5.26 Å². The van der Waals surface area contributed by atoms with Gasteiger partial charge in [0.25, 0.3) is 5.91 Å². The number of carbonyl (C=O) groups excluding carboxylic acids is 1. The van der Waals surface area contributed by atoms with Gasteiger partial charge in [-0.25, -0.2) is 9.37 Å². The normalized spacial score (nSPS) is 10.2. The smallest absolute Gasteiger partial charge is 0.271 e. The summed E-state index contributed by atoms with van der Waals surface area (Å²) in [5.41, 5.74) is 0.516. The minimum absolute atomic E-state index is 0.0278. The number of hydrogen-bond acceptors (Lipinski definition) is 5. The number of nitrogens with zero attached hydrogens (tertiary/aromatic N) is 3. The molecule has 0 saturated heterocycles. The second-order valence-electron chi connectivity index (χ2n) is 5.51. The van der Waals surface area contributed by atoms with E-state index in [4.69, 9.17) is 33.2 Å². The molecule has 1 N–H and O–H groups in total. The molecule has 0 aliphatic heterocycles. The molecule has 0 atom stereocenters. The molecule has 6 nitrogen and oxygen atoms in total. The number of nitriles is 1. The number of ether oxygens (including phenoxy) is 1. The molecule has 3 aromatic rings. The Morgan fingerprint density at radius 1 is 1.25 bits per heavy atom.